The Hall–Kier alpha value is -3.90. The van der Waals surface area contributed by atoms with E-state index in [1.54, 1.807) is 23.1 Å². The monoisotopic (exact) mass is 498 g/mol. The van der Waals surface area contributed by atoms with Gasteiger partial charge in [-0.05, 0) is 67.9 Å². The third-order valence-corrected chi connectivity index (χ3v) is 6.72. The van der Waals surface area contributed by atoms with Crippen LogP contribution in [0.5, 0.6) is 5.75 Å². The van der Waals surface area contributed by atoms with Crippen molar-refractivity contribution in [2.24, 2.45) is 0 Å². The van der Waals surface area contributed by atoms with Crippen LogP contribution in [-0.4, -0.2) is 53.8 Å². The summed E-state index contributed by atoms with van der Waals surface area (Å²) in [6.45, 7) is 5.38. The fourth-order valence-electron chi connectivity index (χ4n) is 4.55. The zero-order chi connectivity index (χ0) is 26.5. The zero-order valence-electron chi connectivity index (χ0n) is 21.9. The first-order valence-electron chi connectivity index (χ1n) is 12.6. The van der Waals surface area contributed by atoms with Crippen molar-refractivity contribution in [3.63, 3.8) is 0 Å². The van der Waals surface area contributed by atoms with Crippen LogP contribution in [0.2, 0.25) is 0 Å². The lowest BCUT2D eigenvalue weighted by atomic mass is 9.94. The van der Waals surface area contributed by atoms with Crippen LogP contribution in [0.1, 0.15) is 40.8 Å². The van der Waals surface area contributed by atoms with E-state index in [2.05, 4.69) is 6.92 Å². The van der Waals surface area contributed by atoms with Gasteiger partial charge in [0.15, 0.2) is 0 Å². The van der Waals surface area contributed by atoms with E-state index >= 15 is 0 Å². The molecule has 3 aromatic rings. The molecule has 0 aromatic heterocycles. The maximum Gasteiger partial charge on any atom is 0.295 e. The standard InChI is InChI=1S/C31H34N2O4/c1-5-22-11-13-24(14-12-22)28-27(30(35)31(36)33(28)18-17-32(3)4)29(34)25-15-16-26(21(2)19-25)37-20-23-9-7-6-8-10-23/h6-16,19,28,34H,5,17-18,20H2,1-4H3/b29-27+/t28-/m0/s1. The van der Waals surface area contributed by atoms with Crippen LogP contribution >= 0.6 is 0 Å². The number of aliphatic hydroxyl groups is 1. The molecule has 0 aliphatic carbocycles. The van der Waals surface area contributed by atoms with E-state index in [1.165, 1.54) is 0 Å². The van der Waals surface area contributed by atoms with E-state index in [4.69, 9.17) is 4.74 Å². The molecule has 0 radical (unpaired) electrons. The van der Waals surface area contributed by atoms with Gasteiger partial charge >= 0.3 is 0 Å². The maximum atomic E-state index is 13.2. The third kappa shape index (κ3) is 5.75. The molecule has 0 spiro atoms. The largest absolute Gasteiger partial charge is 0.507 e. The second-order valence-electron chi connectivity index (χ2n) is 9.65. The number of likely N-dealkylation sites (tertiary alicyclic amines) is 1. The predicted molar refractivity (Wildman–Crippen MR) is 145 cm³/mol. The number of ether oxygens (including phenoxy) is 1. The number of carbonyl (C=O) groups excluding carboxylic acids is 2. The Kier molecular flexibility index (Phi) is 8.09. The molecule has 6 heteroatoms. The van der Waals surface area contributed by atoms with Crippen LogP contribution in [0.25, 0.3) is 5.76 Å². The number of hydrogen-bond acceptors (Lipinski definition) is 5. The Morgan fingerprint density at radius 3 is 2.30 bits per heavy atom. The Morgan fingerprint density at radius 2 is 1.68 bits per heavy atom. The van der Waals surface area contributed by atoms with E-state index < -0.39 is 17.7 Å². The lowest BCUT2D eigenvalue weighted by Crippen LogP contribution is -2.35. The van der Waals surface area contributed by atoms with Crippen molar-refractivity contribution >= 4 is 17.4 Å². The minimum absolute atomic E-state index is 0.116. The smallest absolute Gasteiger partial charge is 0.295 e. The number of benzene rings is 3. The van der Waals surface area contributed by atoms with Crippen molar-refractivity contribution in [2.45, 2.75) is 32.9 Å². The second-order valence-corrected chi connectivity index (χ2v) is 9.65. The van der Waals surface area contributed by atoms with Gasteiger partial charge in [0.25, 0.3) is 11.7 Å². The first-order chi connectivity index (χ1) is 17.8. The molecule has 0 unspecified atom stereocenters. The fraction of sp³-hybridized carbons (Fsp3) is 0.290. The van der Waals surface area contributed by atoms with Gasteiger partial charge in [-0.1, -0.05) is 61.5 Å². The van der Waals surface area contributed by atoms with E-state index in [0.717, 1.165) is 28.7 Å². The van der Waals surface area contributed by atoms with Gasteiger partial charge in [-0.2, -0.15) is 0 Å². The van der Waals surface area contributed by atoms with Gasteiger partial charge in [0.2, 0.25) is 0 Å². The third-order valence-electron chi connectivity index (χ3n) is 6.72. The predicted octanol–water partition coefficient (Wildman–Crippen LogP) is 5.12. The molecule has 192 valence electrons. The molecule has 3 aromatic carbocycles. The molecule has 6 nitrogen and oxygen atoms in total. The number of amides is 1. The highest BCUT2D eigenvalue weighted by Crippen LogP contribution is 2.39. The molecular formula is C31H34N2O4. The summed E-state index contributed by atoms with van der Waals surface area (Å²) in [6, 6.07) is 22.4. The minimum atomic E-state index is -0.664. The summed E-state index contributed by atoms with van der Waals surface area (Å²) in [4.78, 5) is 29.9. The van der Waals surface area contributed by atoms with Crippen molar-refractivity contribution < 1.29 is 19.4 Å². The van der Waals surface area contributed by atoms with Crippen molar-refractivity contribution in [3.05, 3.63) is 106 Å². The quantitative estimate of drug-likeness (QED) is 0.252. The number of Topliss-reactive ketones (excluding diaryl/α,β-unsaturated/α-hetero) is 1. The van der Waals surface area contributed by atoms with Crippen LogP contribution in [-0.2, 0) is 22.6 Å². The summed E-state index contributed by atoms with van der Waals surface area (Å²) >= 11 is 0. The highest BCUT2D eigenvalue weighted by atomic mass is 16.5. The summed E-state index contributed by atoms with van der Waals surface area (Å²) in [5.41, 5.74) is 4.44. The summed E-state index contributed by atoms with van der Waals surface area (Å²) < 4.78 is 5.97. The van der Waals surface area contributed by atoms with Crippen molar-refractivity contribution in [1.29, 1.82) is 0 Å². The number of hydrogen-bond donors (Lipinski definition) is 1. The van der Waals surface area contributed by atoms with Gasteiger partial charge in [-0.3, -0.25) is 9.59 Å². The Balaban J connectivity index is 1.69. The molecule has 1 aliphatic heterocycles. The summed E-state index contributed by atoms with van der Waals surface area (Å²) in [6.07, 6.45) is 0.888. The van der Waals surface area contributed by atoms with Crippen LogP contribution in [0, 0.1) is 6.92 Å². The first kappa shape index (κ1) is 26.2. The van der Waals surface area contributed by atoms with E-state index in [0.29, 0.717) is 31.0 Å². The molecule has 1 heterocycles. The highest BCUT2D eigenvalue weighted by Gasteiger charge is 2.45. The number of rotatable bonds is 9. The van der Waals surface area contributed by atoms with Gasteiger partial charge < -0.3 is 19.6 Å². The number of carbonyl (C=O) groups is 2. The van der Waals surface area contributed by atoms with Crippen LogP contribution < -0.4 is 4.74 Å². The van der Waals surface area contributed by atoms with Crippen LogP contribution in [0.4, 0.5) is 0 Å². The van der Waals surface area contributed by atoms with Crippen molar-refractivity contribution in [2.75, 3.05) is 27.2 Å². The molecule has 1 atom stereocenters. The molecule has 1 N–H and O–H groups in total. The Labute approximate surface area is 218 Å². The van der Waals surface area contributed by atoms with Gasteiger partial charge in [-0.15, -0.1) is 0 Å². The molecular weight excluding hydrogens is 464 g/mol. The fourth-order valence-corrected chi connectivity index (χ4v) is 4.55. The second kappa shape index (κ2) is 11.4. The van der Waals surface area contributed by atoms with Gasteiger partial charge in [0.05, 0.1) is 11.6 Å². The maximum absolute atomic E-state index is 13.2. The number of nitrogens with zero attached hydrogens (tertiary/aromatic N) is 2. The SMILES string of the molecule is CCc1ccc([C@H]2/C(=C(\O)c3ccc(OCc4ccccc4)c(C)c3)C(=O)C(=O)N2CCN(C)C)cc1. The number of aliphatic hydroxyl groups excluding tert-OH is 1. The lowest BCUT2D eigenvalue weighted by Gasteiger charge is -2.26. The molecule has 37 heavy (non-hydrogen) atoms. The van der Waals surface area contributed by atoms with E-state index in [9.17, 15) is 14.7 Å². The van der Waals surface area contributed by atoms with Crippen molar-refractivity contribution in [1.82, 2.24) is 9.80 Å². The van der Waals surface area contributed by atoms with Crippen molar-refractivity contribution in [3.8, 4) is 5.75 Å². The summed E-state index contributed by atoms with van der Waals surface area (Å²) in [5.74, 6) is -0.734. The number of likely N-dealkylation sites (N-methyl/N-ethyl adjacent to an activating group) is 1. The average Bonchev–Trinajstić information content (AvgIpc) is 3.16. The minimum Gasteiger partial charge on any atom is -0.507 e. The van der Waals surface area contributed by atoms with E-state index in [-0.39, 0.29) is 11.3 Å². The Bertz CT molecular complexity index is 1300. The number of ketones is 1. The molecule has 1 aliphatic rings. The Morgan fingerprint density at radius 1 is 0.973 bits per heavy atom. The van der Waals surface area contributed by atoms with Crippen LogP contribution in [0.15, 0.2) is 78.4 Å². The molecule has 0 saturated carbocycles. The van der Waals surface area contributed by atoms with Crippen LogP contribution in [0.3, 0.4) is 0 Å². The molecule has 4 rings (SSSR count). The highest BCUT2D eigenvalue weighted by molar-refractivity contribution is 6.46. The van der Waals surface area contributed by atoms with Gasteiger partial charge in [0, 0.05) is 18.7 Å². The van der Waals surface area contributed by atoms with Gasteiger partial charge in [-0.25, -0.2) is 0 Å². The topological polar surface area (TPSA) is 70.1 Å². The lowest BCUT2D eigenvalue weighted by molar-refractivity contribution is -0.140. The molecule has 1 amide bonds. The molecule has 1 fully saturated rings. The zero-order valence-corrected chi connectivity index (χ0v) is 21.9. The normalized spacial score (nSPS) is 17.0. The summed E-state index contributed by atoms with van der Waals surface area (Å²) in [7, 11) is 3.84. The average molecular weight is 499 g/mol. The summed E-state index contributed by atoms with van der Waals surface area (Å²) in [5, 5.41) is 11.4. The first-order valence-corrected chi connectivity index (χ1v) is 12.6. The van der Waals surface area contributed by atoms with Gasteiger partial charge in [0.1, 0.15) is 18.1 Å². The number of aryl methyl sites for hydroxylation is 2. The molecule has 1 saturated heterocycles. The van der Waals surface area contributed by atoms with E-state index in [1.807, 2.05) is 80.5 Å². The molecule has 0 bridgehead atoms.